The molecule has 2 aliphatic rings. The number of nitrogens with zero attached hydrogens (tertiary/aromatic N) is 5. The molecule has 0 amide bonds. The molecule has 1 aromatic carbocycles. The molecular weight excluding hydrogens is 487 g/mol. The summed E-state index contributed by atoms with van der Waals surface area (Å²) < 4.78 is 0. The number of hydrogen-bond acceptors (Lipinski definition) is 7. The Labute approximate surface area is 211 Å². The van der Waals surface area contributed by atoms with Gasteiger partial charge in [0.05, 0.1) is 16.1 Å². The molecule has 0 bridgehead atoms. The van der Waals surface area contributed by atoms with E-state index in [9.17, 15) is 0 Å². The summed E-state index contributed by atoms with van der Waals surface area (Å²) in [5, 5.41) is 1.36. The van der Waals surface area contributed by atoms with Gasteiger partial charge in [-0.3, -0.25) is 0 Å². The van der Waals surface area contributed by atoms with E-state index in [1.165, 1.54) is 48.6 Å². The Hall–Kier alpha value is -2.61. The van der Waals surface area contributed by atoms with Crippen molar-refractivity contribution in [2.75, 3.05) is 23.7 Å². The van der Waals surface area contributed by atoms with Gasteiger partial charge in [0, 0.05) is 19.3 Å². The molecular formula is C25H22Cl2N6S. The van der Waals surface area contributed by atoms with Crippen LogP contribution in [0, 0.1) is 5.41 Å². The van der Waals surface area contributed by atoms with Crippen LogP contribution in [-0.4, -0.2) is 33.0 Å². The zero-order chi connectivity index (χ0) is 23.3. The summed E-state index contributed by atoms with van der Waals surface area (Å²) in [5.74, 6) is 1.12. The molecule has 4 heterocycles. The van der Waals surface area contributed by atoms with Crippen molar-refractivity contribution in [1.82, 2.24) is 19.9 Å². The Bertz CT molecular complexity index is 1380. The van der Waals surface area contributed by atoms with Crippen molar-refractivity contribution in [3.63, 3.8) is 0 Å². The van der Waals surface area contributed by atoms with Crippen molar-refractivity contribution < 1.29 is 0 Å². The number of nitrogens with two attached hydrogens (primary N) is 1. The van der Waals surface area contributed by atoms with Gasteiger partial charge in [-0.15, -0.1) is 0 Å². The van der Waals surface area contributed by atoms with Gasteiger partial charge < -0.3 is 10.6 Å². The number of hydrogen-bond donors (Lipinski definition) is 1. The number of fused-ring (bicyclic) bond motifs is 2. The fourth-order valence-electron chi connectivity index (χ4n) is 5.07. The van der Waals surface area contributed by atoms with E-state index in [4.69, 9.17) is 33.9 Å². The minimum absolute atomic E-state index is 0.210. The van der Waals surface area contributed by atoms with Gasteiger partial charge in [-0.1, -0.05) is 59.2 Å². The van der Waals surface area contributed by atoms with Crippen molar-refractivity contribution >= 4 is 57.8 Å². The molecule has 1 spiro atoms. The van der Waals surface area contributed by atoms with Gasteiger partial charge in [-0.05, 0) is 54.4 Å². The Balaban J connectivity index is 1.17. The third-order valence-corrected chi connectivity index (χ3v) is 8.88. The number of rotatable bonds is 3. The van der Waals surface area contributed by atoms with E-state index in [2.05, 4.69) is 44.1 Å². The predicted molar refractivity (Wildman–Crippen MR) is 138 cm³/mol. The van der Waals surface area contributed by atoms with Crippen LogP contribution in [0.25, 0.3) is 11.2 Å². The molecule has 1 aliphatic heterocycles. The Morgan fingerprint density at radius 3 is 2.35 bits per heavy atom. The minimum atomic E-state index is 0.210. The van der Waals surface area contributed by atoms with Gasteiger partial charge in [-0.2, -0.15) is 0 Å². The smallest absolute Gasteiger partial charge is 0.179 e. The van der Waals surface area contributed by atoms with E-state index < -0.39 is 0 Å². The summed E-state index contributed by atoms with van der Waals surface area (Å²) in [6, 6.07) is 12.7. The average Bonchev–Trinajstić information content (AvgIpc) is 3.22. The number of anilines is 2. The molecule has 2 N–H and O–H groups in total. The van der Waals surface area contributed by atoms with Crippen LogP contribution in [0.5, 0.6) is 0 Å². The van der Waals surface area contributed by atoms with E-state index in [0.29, 0.717) is 21.0 Å². The van der Waals surface area contributed by atoms with Crippen LogP contribution < -0.4 is 10.6 Å². The maximum Gasteiger partial charge on any atom is 0.179 e. The average molecular weight is 509 g/mol. The zero-order valence-electron chi connectivity index (χ0n) is 18.3. The third kappa shape index (κ3) is 3.96. The van der Waals surface area contributed by atoms with Crippen LogP contribution in [0.2, 0.25) is 10.0 Å². The zero-order valence-corrected chi connectivity index (χ0v) is 20.7. The van der Waals surface area contributed by atoms with Crippen molar-refractivity contribution in [3.05, 3.63) is 70.0 Å². The van der Waals surface area contributed by atoms with Crippen LogP contribution in [0.3, 0.4) is 0 Å². The highest BCUT2D eigenvalue weighted by Gasteiger charge is 2.39. The van der Waals surface area contributed by atoms with Crippen molar-refractivity contribution in [2.24, 2.45) is 5.41 Å². The molecule has 6 rings (SSSR count). The molecule has 34 heavy (non-hydrogen) atoms. The van der Waals surface area contributed by atoms with Crippen molar-refractivity contribution in [3.8, 4) is 0 Å². The molecule has 0 unspecified atom stereocenters. The summed E-state index contributed by atoms with van der Waals surface area (Å²) >= 11 is 13.8. The Morgan fingerprint density at radius 1 is 0.882 bits per heavy atom. The Kier molecular flexibility index (Phi) is 5.51. The third-order valence-electron chi connectivity index (χ3n) is 6.93. The lowest BCUT2D eigenvalue weighted by atomic mass is 9.76. The molecule has 4 aromatic rings. The molecule has 0 saturated carbocycles. The van der Waals surface area contributed by atoms with Crippen LogP contribution in [0.1, 0.15) is 24.0 Å². The number of pyridine rings is 2. The van der Waals surface area contributed by atoms with Gasteiger partial charge in [-0.25, -0.2) is 19.9 Å². The number of halogens is 2. The van der Waals surface area contributed by atoms with Crippen molar-refractivity contribution in [1.29, 1.82) is 0 Å². The second-order valence-corrected chi connectivity index (χ2v) is 10.9. The number of nitrogen functional groups attached to an aromatic ring is 1. The van der Waals surface area contributed by atoms with Crippen LogP contribution in [0.4, 0.5) is 11.6 Å². The van der Waals surface area contributed by atoms with E-state index in [-0.39, 0.29) is 10.8 Å². The van der Waals surface area contributed by atoms with Gasteiger partial charge >= 0.3 is 0 Å². The van der Waals surface area contributed by atoms with Gasteiger partial charge in [0.2, 0.25) is 0 Å². The van der Waals surface area contributed by atoms with Crippen LogP contribution >= 0.6 is 35.0 Å². The summed E-state index contributed by atoms with van der Waals surface area (Å²) in [7, 11) is 0. The lowest BCUT2D eigenvalue weighted by molar-refractivity contribution is 0.232. The number of piperidine rings is 1. The highest BCUT2D eigenvalue weighted by Crippen LogP contribution is 2.45. The Morgan fingerprint density at radius 2 is 1.62 bits per heavy atom. The monoisotopic (exact) mass is 508 g/mol. The second-order valence-electron chi connectivity index (χ2n) is 9.07. The molecule has 172 valence electrons. The molecule has 0 radical (unpaired) electrons. The fraction of sp³-hybridized carbons (Fsp3) is 0.280. The number of benzene rings is 1. The van der Waals surface area contributed by atoms with Crippen LogP contribution in [-0.2, 0) is 12.8 Å². The maximum absolute atomic E-state index is 6.31. The van der Waals surface area contributed by atoms with E-state index in [1.54, 1.807) is 6.20 Å². The van der Waals surface area contributed by atoms with E-state index in [0.717, 1.165) is 29.5 Å². The molecule has 1 saturated heterocycles. The highest BCUT2D eigenvalue weighted by molar-refractivity contribution is 7.99. The standard InChI is InChI=1S/C25H22Cl2N6S/c26-21-18(13-29-23(28)22(21)27)34-20-6-5-17-24(32-20)30-14-19(31-17)33-9-7-25(8-10-33)11-15-3-1-2-4-16(15)12-25/h1-6,13-14H,7-12H2,(H2,28,29). The van der Waals surface area contributed by atoms with E-state index in [1.807, 2.05) is 18.3 Å². The molecule has 3 aromatic heterocycles. The summed E-state index contributed by atoms with van der Waals surface area (Å²) in [5.41, 5.74) is 10.5. The molecule has 9 heteroatoms. The maximum atomic E-state index is 6.31. The fourth-order valence-corrected chi connectivity index (χ4v) is 6.33. The largest absolute Gasteiger partial charge is 0.382 e. The normalized spacial score (nSPS) is 16.8. The second kappa shape index (κ2) is 8.56. The number of aromatic nitrogens is 4. The minimum Gasteiger partial charge on any atom is -0.382 e. The lowest BCUT2D eigenvalue weighted by Crippen LogP contribution is -2.41. The molecule has 0 atom stereocenters. The first kappa shape index (κ1) is 21.9. The summed E-state index contributed by atoms with van der Waals surface area (Å²) in [4.78, 5) is 21.2. The first-order valence-electron chi connectivity index (χ1n) is 11.2. The predicted octanol–water partition coefficient (Wildman–Crippen LogP) is 5.85. The highest BCUT2D eigenvalue weighted by atomic mass is 35.5. The van der Waals surface area contributed by atoms with Crippen LogP contribution in [0.15, 0.2) is 58.7 Å². The SMILES string of the molecule is Nc1ncc(Sc2ccc3nc(N4CCC5(CC4)Cc4ccccc4C5)cnc3n2)c(Cl)c1Cl. The first-order valence-corrected chi connectivity index (χ1v) is 12.8. The van der Waals surface area contributed by atoms with Gasteiger partial charge in [0.25, 0.3) is 0 Å². The van der Waals surface area contributed by atoms with Crippen molar-refractivity contribution in [2.45, 2.75) is 35.6 Å². The molecule has 1 fully saturated rings. The van der Waals surface area contributed by atoms with E-state index >= 15 is 0 Å². The quantitative estimate of drug-likeness (QED) is 0.371. The first-order chi connectivity index (χ1) is 16.5. The van der Waals surface area contributed by atoms with Gasteiger partial charge in [0.15, 0.2) is 5.65 Å². The summed E-state index contributed by atoms with van der Waals surface area (Å²) in [6.45, 7) is 2.00. The van der Waals surface area contributed by atoms with Gasteiger partial charge in [0.1, 0.15) is 27.2 Å². The summed E-state index contributed by atoms with van der Waals surface area (Å²) in [6.07, 6.45) is 8.18. The molecule has 6 nitrogen and oxygen atoms in total. The topological polar surface area (TPSA) is 80.8 Å². The lowest BCUT2D eigenvalue weighted by Gasteiger charge is -2.39. The molecule has 1 aliphatic carbocycles.